The van der Waals surface area contributed by atoms with Gasteiger partial charge in [0.2, 0.25) is 5.91 Å². The lowest BCUT2D eigenvalue weighted by molar-refractivity contribution is -0.118. The number of furan rings is 1. The number of pyridine rings is 1. The molecule has 0 atom stereocenters. The molecular weight excluding hydrogens is 368 g/mol. The van der Waals surface area contributed by atoms with E-state index in [-0.39, 0.29) is 25.0 Å². The van der Waals surface area contributed by atoms with Crippen LogP contribution >= 0.6 is 11.8 Å². The Morgan fingerprint density at radius 3 is 3.11 bits per heavy atom. The predicted octanol–water partition coefficient (Wildman–Crippen LogP) is 2.83. The molecule has 2 aromatic heterocycles. The van der Waals surface area contributed by atoms with Gasteiger partial charge in [-0.3, -0.25) is 9.78 Å². The molecule has 2 aromatic rings. The van der Waals surface area contributed by atoms with Gasteiger partial charge in [0.25, 0.3) is 0 Å². The van der Waals surface area contributed by atoms with E-state index in [4.69, 9.17) is 13.9 Å². The number of carbonyl (C=O) groups is 1. The molecule has 0 aliphatic heterocycles. The van der Waals surface area contributed by atoms with Crippen LogP contribution in [0.15, 0.2) is 53.0 Å². The highest BCUT2D eigenvalue weighted by molar-refractivity contribution is 7.99. The molecular formula is C19H24N2O5S. The van der Waals surface area contributed by atoms with Crippen molar-refractivity contribution in [2.75, 3.05) is 26.2 Å². The zero-order valence-corrected chi connectivity index (χ0v) is 16.0. The summed E-state index contributed by atoms with van der Waals surface area (Å²) in [4.78, 5) is 16.0. The van der Waals surface area contributed by atoms with E-state index in [0.717, 1.165) is 17.0 Å². The van der Waals surface area contributed by atoms with Crippen molar-refractivity contribution >= 4 is 17.7 Å². The van der Waals surface area contributed by atoms with Gasteiger partial charge in [-0.05, 0) is 35.9 Å². The monoisotopic (exact) mass is 392 g/mol. The van der Waals surface area contributed by atoms with Crippen LogP contribution in [0.3, 0.4) is 0 Å². The number of aliphatic hydroxyl groups is 1. The zero-order chi connectivity index (χ0) is 19.3. The van der Waals surface area contributed by atoms with Crippen molar-refractivity contribution in [1.29, 1.82) is 0 Å². The van der Waals surface area contributed by atoms with Crippen LogP contribution in [0.5, 0.6) is 0 Å². The summed E-state index contributed by atoms with van der Waals surface area (Å²) in [5, 5.41) is 12.6. The summed E-state index contributed by atoms with van der Waals surface area (Å²) >= 11 is 1.45. The fourth-order valence-electron chi connectivity index (χ4n) is 2.15. The molecule has 27 heavy (non-hydrogen) atoms. The Labute approximate surface area is 162 Å². The van der Waals surface area contributed by atoms with Crippen molar-refractivity contribution in [2.45, 2.75) is 18.8 Å². The summed E-state index contributed by atoms with van der Waals surface area (Å²) in [6, 6.07) is 7.45. The first kappa shape index (κ1) is 21.0. The second-order valence-electron chi connectivity index (χ2n) is 5.66. The summed E-state index contributed by atoms with van der Waals surface area (Å²) in [7, 11) is 1.57. The van der Waals surface area contributed by atoms with Crippen LogP contribution in [-0.2, 0) is 33.0 Å². The smallest absolute Gasteiger partial charge is 0.230 e. The normalized spacial score (nSPS) is 11.5. The molecule has 0 bridgehead atoms. The number of nitrogens with zero attached hydrogens (tertiary/aromatic N) is 1. The predicted molar refractivity (Wildman–Crippen MR) is 103 cm³/mol. The van der Waals surface area contributed by atoms with Gasteiger partial charge in [0.15, 0.2) is 0 Å². The van der Waals surface area contributed by atoms with Gasteiger partial charge >= 0.3 is 0 Å². The quantitative estimate of drug-likeness (QED) is 0.326. The minimum Gasteiger partial charge on any atom is -0.511 e. The average molecular weight is 392 g/mol. The summed E-state index contributed by atoms with van der Waals surface area (Å²) < 4.78 is 15.3. The van der Waals surface area contributed by atoms with E-state index in [2.05, 4.69) is 10.3 Å². The molecule has 146 valence electrons. The highest BCUT2D eigenvalue weighted by Gasteiger charge is 2.04. The van der Waals surface area contributed by atoms with Crippen molar-refractivity contribution in [3.05, 3.63) is 65.6 Å². The Kier molecular flexibility index (Phi) is 9.47. The fourth-order valence-corrected chi connectivity index (χ4v) is 2.90. The molecule has 0 aromatic carbocycles. The van der Waals surface area contributed by atoms with E-state index in [0.29, 0.717) is 24.5 Å². The maximum atomic E-state index is 11.8. The maximum Gasteiger partial charge on any atom is 0.230 e. The van der Waals surface area contributed by atoms with Crippen molar-refractivity contribution in [3.63, 3.8) is 0 Å². The third-order valence-electron chi connectivity index (χ3n) is 3.42. The Balaban J connectivity index is 1.67. The number of ether oxygens (including phenoxy) is 2. The van der Waals surface area contributed by atoms with Crippen LogP contribution in [-0.4, -0.2) is 42.2 Å². The van der Waals surface area contributed by atoms with Gasteiger partial charge in [-0.2, -0.15) is 0 Å². The summed E-state index contributed by atoms with van der Waals surface area (Å²) in [6.45, 7) is 0.763. The number of nitrogens with one attached hydrogen (secondary N) is 1. The first-order chi connectivity index (χ1) is 13.2. The Hall–Kier alpha value is -2.29. The van der Waals surface area contributed by atoms with Gasteiger partial charge in [-0.1, -0.05) is 0 Å². The van der Waals surface area contributed by atoms with Crippen molar-refractivity contribution in [1.82, 2.24) is 10.3 Å². The van der Waals surface area contributed by atoms with Crippen LogP contribution in [0, 0.1) is 0 Å². The number of rotatable bonds is 12. The number of aromatic nitrogens is 1. The average Bonchev–Trinajstić information content (AvgIpc) is 3.19. The molecule has 0 saturated heterocycles. The van der Waals surface area contributed by atoms with Crippen LogP contribution in [0.1, 0.15) is 17.0 Å². The van der Waals surface area contributed by atoms with E-state index in [1.165, 1.54) is 11.8 Å². The molecule has 1 amide bonds. The highest BCUT2D eigenvalue weighted by Crippen LogP contribution is 2.11. The summed E-state index contributed by atoms with van der Waals surface area (Å²) in [5.74, 6) is 1.74. The SMILES string of the molecule is COCOCc1ccnc(C/C=C(\O)CNC(=O)CSCc2ccco2)c1. The third kappa shape index (κ3) is 8.76. The molecule has 0 aliphatic carbocycles. The van der Waals surface area contributed by atoms with Crippen molar-refractivity contribution in [2.24, 2.45) is 0 Å². The lowest BCUT2D eigenvalue weighted by atomic mass is 10.2. The first-order valence-corrected chi connectivity index (χ1v) is 9.58. The van der Waals surface area contributed by atoms with Gasteiger partial charge in [-0.15, -0.1) is 11.8 Å². The second-order valence-corrected chi connectivity index (χ2v) is 6.64. The molecule has 2 heterocycles. The van der Waals surface area contributed by atoms with E-state index in [9.17, 15) is 9.90 Å². The Morgan fingerprint density at radius 1 is 1.44 bits per heavy atom. The van der Waals surface area contributed by atoms with E-state index in [1.807, 2.05) is 24.3 Å². The third-order valence-corrected chi connectivity index (χ3v) is 4.38. The van der Waals surface area contributed by atoms with Crippen molar-refractivity contribution in [3.8, 4) is 0 Å². The number of hydrogen-bond acceptors (Lipinski definition) is 7. The van der Waals surface area contributed by atoms with Gasteiger partial charge in [0.05, 0.1) is 30.9 Å². The number of thioether (sulfide) groups is 1. The molecule has 0 aliphatic rings. The largest absolute Gasteiger partial charge is 0.511 e. The molecule has 7 nitrogen and oxygen atoms in total. The van der Waals surface area contributed by atoms with E-state index < -0.39 is 0 Å². The second kappa shape index (κ2) is 12.2. The lowest BCUT2D eigenvalue weighted by Gasteiger charge is -2.06. The number of methoxy groups -OCH3 is 1. The highest BCUT2D eigenvalue weighted by atomic mass is 32.2. The van der Waals surface area contributed by atoms with Gasteiger partial charge in [0.1, 0.15) is 18.3 Å². The number of allylic oxidation sites excluding steroid dienone is 1. The standard InChI is InChI=1S/C19H24N2O5S/c1-24-14-25-11-15-6-7-20-16(9-15)4-5-17(22)10-21-19(23)13-27-12-18-3-2-8-26-18/h2-3,5-9,22H,4,10-14H2,1H3,(H,21,23)/b17-5-. The fraction of sp³-hybridized carbons (Fsp3) is 0.368. The van der Waals surface area contributed by atoms with Gasteiger partial charge < -0.3 is 24.3 Å². The number of aliphatic hydroxyl groups excluding tert-OH is 1. The molecule has 0 fully saturated rings. The summed E-state index contributed by atoms with van der Waals surface area (Å²) in [5.41, 5.74) is 1.78. The van der Waals surface area contributed by atoms with E-state index >= 15 is 0 Å². The minimum atomic E-state index is -0.137. The topological polar surface area (TPSA) is 93.8 Å². The first-order valence-electron chi connectivity index (χ1n) is 8.42. The Morgan fingerprint density at radius 2 is 2.33 bits per heavy atom. The molecule has 0 radical (unpaired) electrons. The number of amides is 1. The van der Waals surface area contributed by atoms with Crippen molar-refractivity contribution < 1.29 is 23.8 Å². The molecule has 8 heteroatoms. The molecule has 0 unspecified atom stereocenters. The van der Waals surface area contributed by atoms with Crippen LogP contribution in [0.25, 0.3) is 0 Å². The minimum absolute atomic E-state index is 0.0940. The lowest BCUT2D eigenvalue weighted by Crippen LogP contribution is -2.27. The maximum absolute atomic E-state index is 11.8. The molecule has 2 rings (SSSR count). The zero-order valence-electron chi connectivity index (χ0n) is 15.2. The van der Waals surface area contributed by atoms with Gasteiger partial charge in [-0.25, -0.2) is 0 Å². The molecule has 2 N–H and O–H groups in total. The number of carbonyl (C=O) groups excluding carboxylic acids is 1. The number of hydrogen-bond donors (Lipinski definition) is 2. The van der Waals surface area contributed by atoms with Crippen LogP contribution in [0.2, 0.25) is 0 Å². The molecule has 0 spiro atoms. The molecule has 0 saturated carbocycles. The van der Waals surface area contributed by atoms with Gasteiger partial charge in [0, 0.05) is 25.4 Å². The van der Waals surface area contributed by atoms with Crippen LogP contribution in [0.4, 0.5) is 0 Å². The Bertz CT molecular complexity index is 719. The van der Waals surface area contributed by atoms with Crippen LogP contribution < -0.4 is 5.32 Å². The van der Waals surface area contributed by atoms with E-state index in [1.54, 1.807) is 25.6 Å². The summed E-state index contributed by atoms with van der Waals surface area (Å²) in [6.07, 6.45) is 5.41.